The van der Waals surface area contributed by atoms with E-state index >= 15 is 0 Å². The van der Waals surface area contributed by atoms with Crippen LogP contribution >= 0.6 is 23.2 Å². The summed E-state index contributed by atoms with van der Waals surface area (Å²) in [7, 11) is 0. The fraction of sp³-hybridized carbons (Fsp3) is 0.105. The Balaban J connectivity index is 1.90. The lowest BCUT2D eigenvalue weighted by atomic mass is 10.2. The van der Waals surface area contributed by atoms with E-state index in [0.29, 0.717) is 22.1 Å². The van der Waals surface area contributed by atoms with Crippen LogP contribution in [0.25, 0.3) is 16.6 Å². The van der Waals surface area contributed by atoms with E-state index in [1.54, 1.807) is 29.1 Å². The van der Waals surface area contributed by atoms with Crippen LogP contribution in [0.3, 0.4) is 0 Å². The van der Waals surface area contributed by atoms with Crippen molar-refractivity contribution in [1.82, 2.24) is 19.6 Å². The van der Waals surface area contributed by atoms with Crippen LogP contribution in [0.4, 0.5) is 0 Å². The molecule has 2 aromatic heterocycles. The zero-order valence-electron chi connectivity index (χ0n) is 13.9. The Bertz CT molecular complexity index is 1180. The molecule has 0 N–H and O–H groups in total. The minimum atomic E-state index is -0.219. The molecule has 0 fully saturated rings. The number of aromatic nitrogens is 4. The van der Waals surface area contributed by atoms with Crippen molar-refractivity contribution in [2.75, 3.05) is 0 Å². The van der Waals surface area contributed by atoms with E-state index in [1.165, 1.54) is 4.68 Å². The molecule has 7 heteroatoms. The minimum absolute atomic E-state index is 0.219. The maximum Gasteiger partial charge on any atom is 0.293 e. The van der Waals surface area contributed by atoms with Crippen molar-refractivity contribution in [2.24, 2.45) is 0 Å². The van der Waals surface area contributed by atoms with Crippen molar-refractivity contribution in [3.63, 3.8) is 0 Å². The molecule has 0 radical (unpaired) electrons. The third-order valence-electron chi connectivity index (χ3n) is 4.14. The van der Waals surface area contributed by atoms with Gasteiger partial charge < -0.3 is 0 Å². The number of benzene rings is 2. The molecule has 0 saturated carbocycles. The normalized spacial score (nSPS) is 11.2. The van der Waals surface area contributed by atoms with E-state index in [1.807, 2.05) is 37.3 Å². The van der Waals surface area contributed by atoms with Crippen LogP contribution < -0.4 is 5.56 Å². The lowest BCUT2D eigenvalue weighted by Gasteiger charge is -2.09. The first-order valence-electron chi connectivity index (χ1n) is 7.99. The van der Waals surface area contributed by atoms with Crippen molar-refractivity contribution < 1.29 is 0 Å². The van der Waals surface area contributed by atoms with E-state index in [0.717, 1.165) is 22.3 Å². The van der Waals surface area contributed by atoms with Crippen molar-refractivity contribution in [1.29, 1.82) is 0 Å². The van der Waals surface area contributed by atoms with E-state index in [2.05, 4.69) is 10.2 Å². The van der Waals surface area contributed by atoms with Gasteiger partial charge in [0.15, 0.2) is 0 Å². The SMILES string of the molecule is Cc1nn(Cc2cccc(Cl)c2)c(=O)c2c1cnn2-c1cccc(Cl)c1. The fourth-order valence-corrected chi connectivity index (χ4v) is 3.34. The summed E-state index contributed by atoms with van der Waals surface area (Å²) in [5, 5.41) is 10.7. The molecule has 0 unspecified atom stereocenters. The molecule has 0 aliphatic rings. The molecule has 26 heavy (non-hydrogen) atoms. The van der Waals surface area contributed by atoms with Gasteiger partial charge in [-0.1, -0.05) is 41.4 Å². The maximum atomic E-state index is 13.1. The Morgan fingerprint density at radius 1 is 1.04 bits per heavy atom. The van der Waals surface area contributed by atoms with Gasteiger partial charge in [0.2, 0.25) is 0 Å². The number of nitrogens with zero attached hydrogens (tertiary/aromatic N) is 4. The van der Waals surface area contributed by atoms with Gasteiger partial charge in [0, 0.05) is 15.4 Å². The smallest absolute Gasteiger partial charge is 0.265 e. The number of fused-ring (bicyclic) bond motifs is 1. The van der Waals surface area contributed by atoms with Crippen LogP contribution in [0.2, 0.25) is 10.0 Å². The standard InChI is InChI=1S/C19H14Cl2N4O/c1-12-17-10-22-25(16-7-3-6-15(21)9-16)18(17)19(26)24(23-12)11-13-4-2-5-14(20)8-13/h2-10H,11H2,1H3. The molecule has 0 bridgehead atoms. The highest BCUT2D eigenvalue weighted by molar-refractivity contribution is 6.31. The molecule has 0 amide bonds. The second-order valence-corrected chi connectivity index (χ2v) is 6.85. The molecule has 5 nitrogen and oxygen atoms in total. The van der Waals surface area contributed by atoms with Crippen molar-refractivity contribution in [2.45, 2.75) is 13.5 Å². The second-order valence-electron chi connectivity index (χ2n) is 5.98. The minimum Gasteiger partial charge on any atom is -0.265 e. The summed E-state index contributed by atoms with van der Waals surface area (Å²) in [5.74, 6) is 0. The van der Waals surface area contributed by atoms with Crippen LogP contribution in [0, 0.1) is 6.92 Å². The van der Waals surface area contributed by atoms with Crippen molar-refractivity contribution >= 4 is 34.1 Å². The predicted octanol–water partition coefficient (Wildman–Crippen LogP) is 4.25. The number of hydrogen-bond acceptors (Lipinski definition) is 3. The number of aryl methyl sites for hydroxylation is 1. The molecule has 0 aliphatic carbocycles. The zero-order chi connectivity index (χ0) is 18.3. The molecule has 4 aromatic rings. The van der Waals surface area contributed by atoms with Gasteiger partial charge in [-0.2, -0.15) is 10.2 Å². The molecular weight excluding hydrogens is 371 g/mol. The molecule has 2 aromatic carbocycles. The topological polar surface area (TPSA) is 52.7 Å². The van der Waals surface area contributed by atoms with Gasteiger partial charge in [0.05, 0.1) is 24.1 Å². The third-order valence-corrected chi connectivity index (χ3v) is 4.61. The average Bonchev–Trinajstić information content (AvgIpc) is 3.05. The van der Waals surface area contributed by atoms with Crippen molar-refractivity contribution in [3.8, 4) is 5.69 Å². The number of rotatable bonds is 3. The molecule has 0 aliphatic heterocycles. The first-order valence-corrected chi connectivity index (χ1v) is 8.74. The van der Waals surface area contributed by atoms with Gasteiger partial charge >= 0.3 is 0 Å². The Hall–Kier alpha value is -2.63. The lowest BCUT2D eigenvalue weighted by Crippen LogP contribution is -2.26. The van der Waals surface area contributed by atoms with Crippen LogP contribution in [-0.2, 0) is 6.54 Å². The van der Waals surface area contributed by atoms with Gasteiger partial charge in [-0.25, -0.2) is 9.36 Å². The van der Waals surface area contributed by atoms with Crippen LogP contribution in [-0.4, -0.2) is 19.6 Å². The number of halogens is 2. The zero-order valence-corrected chi connectivity index (χ0v) is 15.4. The quantitative estimate of drug-likeness (QED) is 0.530. The van der Waals surface area contributed by atoms with Gasteiger partial charge in [-0.3, -0.25) is 4.79 Å². The largest absolute Gasteiger partial charge is 0.293 e. The fourth-order valence-electron chi connectivity index (χ4n) is 2.94. The summed E-state index contributed by atoms with van der Waals surface area (Å²) in [6.07, 6.45) is 1.66. The summed E-state index contributed by atoms with van der Waals surface area (Å²) in [6.45, 7) is 2.19. The van der Waals surface area contributed by atoms with Gasteiger partial charge in [0.1, 0.15) is 5.52 Å². The maximum absolute atomic E-state index is 13.1. The van der Waals surface area contributed by atoms with E-state index in [-0.39, 0.29) is 5.56 Å². The summed E-state index contributed by atoms with van der Waals surface area (Å²) in [6, 6.07) is 14.6. The van der Waals surface area contributed by atoms with E-state index in [9.17, 15) is 4.79 Å². The third kappa shape index (κ3) is 3.00. The summed E-state index contributed by atoms with van der Waals surface area (Å²) < 4.78 is 3.04. The highest BCUT2D eigenvalue weighted by Crippen LogP contribution is 2.20. The van der Waals surface area contributed by atoms with Crippen LogP contribution in [0.5, 0.6) is 0 Å². The summed E-state index contributed by atoms with van der Waals surface area (Å²) in [4.78, 5) is 13.1. The second kappa shape index (κ2) is 6.59. The molecule has 4 rings (SSSR count). The van der Waals surface area contributed by atoms with E-state index in [4.69, 9.17) is 23.2 Å². The van der Waals surface area contributed by atoms with E-state index < -0.39 is 0 Å². The Morgan fingerprint density at radius 2 is 1.77 bits per heavy atom. The average molecular weight is 385 g/mol. The van der Waals surface area contributed by atoms with Gasteiger partial charge in [-0.05, 0) is 42.8 Å². The molecule has 130 valence electrons. The summed E-state index contributed by atoms with van der Waals surface area (Å²) >= 11 is 12.1. The first kappa shape index (κ1) is 16.8. The molecule has 0 atom stereocenters. The highest BCUT2D eigenvalue weighted by atomic mass is 35.5. The predicted molar refractivity (Wildman–Crippen MR) is 103 cm³/mol. The highest BCUT2D eigenvalue weighted by Gasteiger charge is 2.15. The molecule has 0 saturated heterocycles. The Labute approximate surface area is 159 Å². The Morgan fingerprint density at radius 3 is 2.50 bits per heavy atom. The molecule has 0 spiro atoms. The van der Waals surface area contributed by atoms with Gasteiger partial charge in [0.25, 0.3) is 5.56 Å². The summed E-state index contributed by atoms with van der Waals surface area (Å²) in [5.41, 5.74) is 2.61. The molecular formula is C19H14Cl2N4O. The first-order chi connectivity index (χ1) is 12.5. The molecule has 2 heterocycles. The van der Waals surface area contributed by atoms with Crippen LogP contribution in [0.15, 0.2) is 59.5 Å². The van der Waals surface area contributed by atoms with Crippen LogP contribution in [0.1, 0.15) is 11.3 Å². The lowest BCUT2D eigenvalue weighted by molar-refractivity contribution is 0.635. The monoisotopic (exact) mass is 384 g/mol. The van der Waals surface area contributed by atoms with Gasteiger partial charge in [-0.15, -0.1) is 0 Å². The van der Waals surface area contributed by atoms with Crippen molar-refractivity contribution in [3.05, 3.63) is 86.4 Å². The Kier molecular flexibility index (Phi) is 4.26. The number of hydrogen-bond donors (Lipinski definition) is 0.